The van der Waals surface area contributed by atoms with Gasteiger partial charge in [-0.2, -0.15) is 0 Å². The summed E-state index contributed by atoms with van der Waals surface area (Å²) in [5, 5.41) is 11.2. The van der Waals surface area contributed by atoms with E-state index in [1.165, 1.54) is 11.3 Å². The van der Waals surface area contributed by atoms with Crippen molar-refractivity contribution < 1.29 is 9.84 Å². The fraction of sp³-hybridized carbons (Fsp3) is 0.308. The van der Waals surface area contributed by atoms with Gasteiger partial charge in [0.05, 0.1) is 16.5 Å². The molecule has 1 heterocycles. The van der Waals surface area contributed by atoms with Gasteiger partial charge in [0, 0.05) is 6.20 Å². The second-order valence-electron chi connectivity index (χ2n) is 3.69. The molecule has 2 rings (SSSR count). The number of benzene rings is 1. The molecule has 1 aromatic heterocycles. The van der Waals surface area contributed by atoms with Crippen LogP contribution in [0, 0.1) is 6.92 Å². The minimum Gasteiger partial charge on any atom is -0.494 e. The summed E-state index contributed by atoms with van der Waals surface area (Å²) < 4.78 is 5.41. The maximum Gasteiger partial charge on any atom is 0.119 e. The van der Waals surface area contributed by atoms with Gasteiger partial charge in [-0.05, 0) is 31.5 Å². The molecule has 0 aliphatic heterocycles. The molecule has 0 aliphatic rings. The Labute approximate surface area is 105 Å². The lowest BCUT2D eigenvalue weighted by Gasteiger charge is -2.10. The Kier molecular flexibility index (Phi) is 3.76. The maximum atomic E-state index is 10.2. The SMILES string of the molecule is CCOc1cccc(C(O)c2cnc(C)s2)c1. The Balaban J connectivity index is 2.24. The first kappa shape index (κ1) is 12.1. The van der Waals surface area contributed by atoms with Gasteiger partial charge in [0.15, 0.2) is 0 Å². The van der Waals surface area contributed by atoms with Crippen molar-refractivity contribution in [2.24, 2.45) is 0 Å². The number of hydrogen-bond donors (Lipinski definition) is 1. The van der Waals surface area contributed by atoms with Crippen LogP contribution in [0.25, 0.3) is 0 Å². The van der Waals surface area contributed by atoms with Crippen LogP contribution in [-0.2, 0) is 0 Å². The standard InChI is InChI=1S/C13H15NO2S/c1-3-16-11-6-4-5-10(7-11)13(15)12-8-14-9(2)17-12/h4-8,13,15H,3H2,1-2H3. The lowest BCUT2D eigenvalue weighted by Crippen LogP contribution is -1.98. The average Bonchev–Trinajstić information content (AvgIpc) is 2.76. The molecule has 17 heavy (non-hydrogen) atoms. The highest BCUT2D eigenvalue weighted by atomic mass is 32.1. The highest BCUT2D eigenvalue weighted by Crippen LogP contribution is 2.28. The summed E-state index contributed by atoms with van der Waals surface area (Å²) in [6.45, 7) is 4.49. The topological polar surface area (TPSA) is 42.4 Å². The summed E-state index contributed by atoms with van der Waals surface area (Å²) in [4.78, 5) is 5.01. The van der Waals surface area contributed by atoms with Crippen LogP contribution >= 0.6 is 11.3 Å². The number of aryl methyl sites for hydroxylation is 1. The lowest BCUT2D eigenvalue weighted by molar-refractivity contribution is 0.223. The monoisotopic (exact) mass is 249 g/mol. The molecular formula is C13H15NO2S. The molecule has 0 radical (unpaired) electrons. The molecule has 90 valence electrons. The molecule has 0 bridgehead atoms. The molecule has 0 aliphatic carbocycles. The van der Waals surface area contributed by atoms with Gasteiger partial charge >= 0.3 is 0 Å². The first-order valence-corrected chi connectivity index (χ1v) is 6.35. The van der Waals surface area contributed by atoms with Gasteiger partial charge in [0.1, 0.15) is 11.9 Å². The maximum absolute atomic E-state index is 10.2. The smallest absolute Gasteiger partial charge is 0.119 e. The minimum absolute atomic E-state index is 0.624. The van der Waals surface area contributed by atoms with Crippen LogP contribution in [0.4, 0.5) is 0 Å². The van der Waals surface area contributed by atoms with Gasteiger partial charge in [-0.25, -0.2) is 4.98 Å². The number of aromatic nitrogens is 1. The minimum atomic E-state index is -0.624. The van der Waals surface area contributed by atoms with Crippen molar-refractivity contribution in [3.63, 3.8) is 0 Å². The molecule has 0 spiro atoms. The van der Waals surface area contributed by atoms with E-state index in [0.717, 1.165) is 21.2 Å². The van der Waals surface area contributed by atoms with Gasteiger partial charge in [-0.1, -0.05) is 12.1 Å². The van der Waals surface area contributed by atoms with Crippen LogP contribution in [0.15, 0.2) is 30.5 Å². The van der Waals surface area contributed by atoms with Crippen molar-refractivity contribution in [3.05, 3.63) is 45.9 Å². The largest absolute Gasteiger partial charge is 0.494 e. The molecule has 4 heteroatoms. The van der Waals surface area contributed by atoms with Crippen molar-refractivity contribution in [1.29, 1.82) is 0 Å². The highest BCUT2D eigenvalue weighted by Gasteiger charge is 2.13. The van der Waals surface area contributed by atoms with E-state index in [1.807, 2.05) is 38.1 Å². The molecule has 2 aromatic rings. The third kappa shape index (κ3) is 2.84. The van der Waals surface area contributed by atoms with Crippen LogP contribution in [0.2, 0.25) is 0 Å². The molecule has 3 nitrogen and oxygen atoms in total. The number of thiazole rings is 1. The predicted octanol–water partition coefficient (Wildman–Crippen LogP) is 2.93. The number of nitrogens with zero attached hydrogens (tertiary/aromatic N) is 1. The predicted molar refractivity (Wildman–Crippen MR) is 68.5 cm³/mol. The Morgan fingerprint density at radius 2 is 2.29 bits per heavy atom. The first-order valence-electron chi connectivity index (χ1n) is 5.54. The van der Waals surface area contributed by atoms with E-state index >= 15 is 0 Å². The Morgan fingerprint density at radius 3 is 2.94 bits per heavy atom. The molecule has 0 fully saturated rings. The molecule has 0 amide bonds. The highest BCUT2D eigenvalue weighted by molar-refractivity contribution is 7.11. The Hall–Kier alpha value is -1.39. The van der Waals surface area contributed by atoms with E-state index in [0.29, 0.717) is 6.61 Å². The molecule has 0 saturated carbocycles. The van der Waals surface area contributed by atoms with Gasteiger partial charge in [0.2, 0.25) is 0 Å². The third-order valence-corrected chi connectivity index (χ3v) is 3.36. The number of hydrogen-bond acceptors (Lipinski definition) is 4. The Bertz CT molecular complexity index is 496. The lowest BCUT2D eigenvalue weighted by atomic mass is 10.1. The summed E-state index contributed by atoms with van der Waals surface area (Å²) in [5.74, 6) is 0.783. The Morgan fingerprint density at radius 1 is 1.47 bits per heavy atom. The number of aliphatic hydroxyl groups is 1. The van der Waals surface area contributed by atoms with E-state index < -0.39 is 6.10 Å². The number of rotatable bonds is 4. The van der Waals surface area contributed by atoms with E-state index in [2.05, 4.69) is 4.98 Å². The van der Waals surface area contributed by atoms with E-state index in [4.69, 9.17) is 4.74 Å². The van der Waals surface area contributed by atoms with Crippen molar-refractivity contribution in [1.82, 2.24) is 4.98 Å². The summed E-state index contributed by atoms with van der Waals surface area (Å²) >= 11 is 1.51. The van der Waals surface area contributed by atoms with E-state index in [9.17, 15) is 5.11 Å². The molecule has 0 saturated heterocycles. The van der Waals surface area contributed by atoms with Crippen molar-refractivity contribution in [2.75, 3.05) is 6.61 Å². The summed E-state index contributed by atoms with van der Waals surface area (Å²) in [6, 6.07) is 7.53. The van der Waals surface area contributed by atoms with Gasteiger partial charge in [-0.3, -0.25) is 0 Å². The second kappa shape index (κ2) is 5.29. The summed E-state index contributed by atoms with van der Waals surface area (Å²) in [7, 11) is 0. The summed E-state index contributed by atoms with van der Waals surface area (Å²) in [5.41, 5.74) is 0.833. The second-order valence-corrected chi connectivity index (χ2v) is 4.96. The van der Waals surface area contributed by atoms with Crippen LogP contribution < -0.4 is 4.74 Å². The van der Waals surface area contributed by atoms with Gasteiger partial charge in [0.25, 0.3) is 0 Å². The molecule has 1 N–H and O–H groups in total. The van der Waals surface area contributed by atoms with Crippen LogP contribution in [0.3, 0.4) is 0 Å². The zero-order valence-corrected chi connectivity index (χ0v) is 10.7. The summed E-state index contributed by atoms with van der Waals surface area (Å²) in [6.07, 6.45) is 1.10. The van der Waals surface area contributed by atoms with E-state index in [-0.39, 0.29) is 0 Å². The molecule has 1 aromatic carbocycles. The molecular weight excluding hydrogens is 234 g/mol. The van der Waals surface area contributed by atoms with Crippen molar-refractivity contribution >= 4 is 11.3 Å². The fourth-order valence-electron chi connectivity index (χ4n) is 1.61. The normalized spacial score (nSPS) is 12.4. The van der Waals surface area contributed by atoms with Crippen molar-refractivity contribution in [3.8, 4) is 5.75 Å². The zero-order valence-electron chi connectivity index (χ0n) is 9.88. The average molecular weight is 249 g/mol. The van der Waals surface area contributed by atoms with Crippen molar-refractivity contribution in [2.45, 2.75) is 20.0 Å². The van der Waals surface area contributed by atoms with Crippen LogP contribution in [0.5, 0.6) is 5.75 Å². The first-order chi connectivity index (χ1) is 8.20. The fourth-order valence-corrected chi connectivity index (χ4v) is 2.41. The van der Waals surface area contributed by atoms with Gasteiger partial charge < -0.3 is 9.84 Å². The quantitative estimate of drug-likeness (QED) is 0.906. The van der Waals surface area contributed by atoms with Crippen LogP contribution in [0.1, 0.15) is 28.5 Å². The van der Waals surface area contributed by atoms with Gasteiger partial charge in [-0.15, -0.1) is 11.3 Å². The van der Waals surface area contributed by atoms with E-state index in [1.54, 1.807) is 6.20 Å². The number of ether oxygens (including phenoxy) is 1. The third-order valence-electron chi connectivity index (χ3n) is 2.39. The zero-order chi connectivity index (χ0) is 12.3. The molecule has 1 atom stereocenters. The number of aliphatic hydroxyl groups excluding tert-OH is 1. The molecule has 1 unspecified atom stereocenters. The van der Waals surface area contributed by atoms with Crippen LogP contribution in [-0.4, -0.2) is 16.7 Å².